The third-order valence-electron chi connectivity index (χ3n) is 5.97. The molecule has 2 aliphatic rings. The third-order valence-corrected chi connectivity index (χ3v) is 5.97. The monoisotopic (exact) mass is 453 g/mol. The maximum absolute atomic E-state index is 13.6. The molecule has 176 valence electrons. The summed E-state index contributed by atoms with van der Waals surface area (Å²) in [6, 6.07) is 7.67. The second-order valence-corrected chi connectivity index (χ2v) is 8.76. The molecule has 0 N–H and O–H groups in total. The summed E-state index contributed by atoms with van der Waals surface area (Å²) in [6.07, 6.45) is 2.58. The average Bonchev–Trinajstić information content (AvgIpc) is 3.35. The fourth-order valence-corrected chi connectivity index (χ4v) is 4.51. The van der Waals surface area contributed by atoms with Gasteiger partial charge in [-0.3, -0.25) is 9.59 Å². The van der Waals surface area contributed by atoms with Crippen molar-refractivity contribution in [2.75, 3.05) is 44.3 Å². The Morgan fingerprint density at radius 2 is 1.85 bits per heavy atom. The second kappa shape index (κ2) is 9.68. The highest BCUT2D eigenvalue weighted by Gasteiger charge is 2.31. The van der Waals surface area contributed by atoms with Crippen molar-refractivity contribution >= 4 is 28.5 Å². The first kappa shape index (κ1) is 22.9. The summed E-state index contributed by atoms with van der Waals surface area (Å²) >= 11 is 0. The van der Waals surface area contributed by atoms with Gasteiger partial charge < -0.3 is 23.8 Å². The lowest BCUT2D eigenvalue weighted by Gasteiger charge is -2.37. The molecule has 4 rings (SSSR count). The van der Waals surface area contributed by atoms with Gasteiger partial charge in [-0.1, -0.05) is 32.0 Å². The van der Waals surface area contributed by atoms with Crippen molar-refractivity contribution in [3.63, 3.8) is 0 Å². The molecule has 1 saturated heterocycles. The SMILES string of the molecule is CCOC(=O)c1c(N2CCN(C(=O)C3=CCCO3)CC2)c2ccccc2n(CC(C)C)c1=O. The lowest BCUT2D eigenvalue weighted by molar-refractivity contribution is -0.130. The number of carbonyl (C=O) groups excluding carboxylic acids is 2. The van der Waals surface area contributed by atoms with Crippen LogP contribution in [0.5, 0.6) is 0 Å². The van der Waals surface area contributed by atoms with E-state index in [1.165, 1.54) is 0 Å². The maximum Gasteiger partial charge on any atom is 0.345 e. The zero-order valence-electron chi connectivity index (χ0n) is 19.5. The first-order valence-electron chi connectivity index (χ1n) is 11.6. The summed E-state index contributed by atoms with van der Waals surface area (Å²) < 4.78 is 12.4. The molecule has 0 aliphatic carbocycles. The van der Waals surface area contributed by atoms with Crippen molar-refractivity contribution in [1.29, 1.82) is 0 Å². The lowest BCUT2D eigenvalue weighted by Crippen LogP contribution is -2.50. The topological polar surface area (TPSA) is 81.1 Å². The van der Waals surface area contributed by atoms with E-state index in [2.05, 4.69) is 0 Å². The van der Waals surface area contributed by atoms with Gasteiger partial charge in [-0.2, -0.15) is 0 Å². The zero-order valence-corrected chi connectivity index (χ0v) is 19.5. The van der Waals surface area contributed by atoms with Crippen LogP contribution in [0.3, 0.4) is 0 Å². The summed E-state index contributed by atoms with van der Waals surface area (Å²) in [4.78, 5) is 43.1. The molecule has 33 heavy (non-hydrogen) atoms. The van der Waals surface area contributed by atoms with Gasteiger partial charge in [-0.05, 0) is 25.0 Å². The van der Waals surface area contributed by atoms with Gasteiger partial charge in [-0.15, -0.1) is 0 Å². The van der Waals surface area contributed by atoms with E-state index in [0.29, 0.717) is 50.8 Å². The summed E-state index contributed by atoms with van der Waals surface area (Å²) in [5.41, 5.74) is 1.12. The number of piperazine rings is 1. The van der Waals surface area contributed by atoms with Crippen molar-refractivity contribution in [2.45, 2.75) is 33.7 Å². The molecular weight excluding hydrogens is 422 g/mol. The normalized spacial score (nSPS) is 16.2. The Hall–Kier alpha value is -3.29. The van der Waals surface area contributed by atoms with E-state index < -0.39 is 5.97 Å². The van der Waals surface area contributed by atoms with Gasteiger partial charge >= 0.3 is 5.97 Å². The van der Waals surface area contributed by atoms with Crippen LogP contribution in [-0.4, -0.2) is 60.7 Å². The summed E-state index contributed by atoms with van der Waals surface area (Å²) in [7, 11) is 0. The number of anilines is 1. The maximum atomic E-state index is 13.6. The molecule has 0 bridgehead atoms. The Morgan fingerprint density at radius 3 is 2.48 bits per heavy atom. The number of para-hydroxylation sites is 1. The first-order chi connectivity index (χ1) is 15.9. The van der Waals surface area contributed by atoms with Gasteiger partial charge in [-0.25, -0.2) is 4.79 Å². The predicted octanol–water partition coefficient (Wildman–Crippen LogP) is 2.79. The molecule has 0 unspecified atom stereocenters. The number of esters is 1. The second-order valence-electron chi connectivity index (χ2n) is 8.76. The number of carbonyl (C=O) groups is 2. The number of ether oxygens (including phenoxy) is 2. The molecule has 1 fully saturated rings. The molecule has 3 heterocycles. The minimum absolute atomic E-state index is 0.0674. The minimum Gasteiger partial charge on any atom is -0.488 e. The molecule has 0 atom stereocenters. The van der Waals surface area contributed by atoms with Crippen molar-refractivity contribution in [2.24, 2.45) is 5.92 Å². The Labute approximate surface area is 193 Å². The molecule has 0 radical (unpaired) electrons. The number of nitrogens with zero attached hydrogens (tertiary/aromatic N) is 3. The van der Waals surface area contributed by atoms with Crippen LogP contribution in [-0.2, 0) is 20.8 Å². The fourth-order valence-electron chi connectivity index (χ4n) is 4.51. The molecule has 8 heteroatoms. The third kappa shape index (κ3) is 4.47. The summed E-state index contributed by atoms with van der Waals surface area (Å²) in [6.45, 7) is 9.01. The largest absolute Gasteiger partial charge is 0.488 e. The molecule has 1 aromatic heterocycles. The Morgan fingerprint density at radius 1 is 1.12 bits per heavy atom. The highest BCUT2D eigenvalue weighted by molar-refractivity contribution is 6.05. The van der Waals surface area contributed by atoms with Gasteiger partial charge in [0.15, 0.2) is 5.76 Å². The van der Waals surface area contributed by atoms with Crippen LogP contribution < -0.4 is 10.5 Å². The van der Waals surface area contributed by atoms with Crippen LogP contribution in [0.1, 0.15) is 37.6 Å². The molecule has 2 aliphatic heterocycles. The highest BCUT2D eigenvalue weighted by atomic mass is 16.5. The van der Waals surface area contributed by atoms with Gasteiger partial charge in [0, 0.05) is 44.5 Å². The van der Waals surface area contributed by atoms with Crippen LogP contribution in [0, 0.1) is 5.92 Å². The lowest BCUT2D eigenvalue weighted by atomic mass is 10.0. The van der Waals surface area contributed by atoms with Crippen molar-refractivity contribution in [1.82, 2.24) is 9.47 Å². The Bertz CT molecular complexity index is 1140. The number of pyridine rings is 1. The van der Waals surface area contributed by atoms with Gasteiger partial charge in [0.05, 0.1) is 24.4 Å². The van der Waals surface area contributed by atoms with Crippen LogP contribution in [0.25, 0.3) is 10.9 Å². The first-order valence-corrected chi connectivity index (χ1v) is 11.6. The molecular formula is C25H31N3O5. The van der Waals surface area contributed by atoms with E-state index in [4.69, 9.17) is 9.47 Å². The number of rotatable bonds is 6. The number of aromatic nitrogens is 1. The standard InChI is InChI=1S/C25H31N3O5/c1-4-32-25(31)21-22(18-8-5-6-9-19(18)28(24(21)30)16-17(2)3)26-11-13-27(14-12-26)23(29)20-10-7-15-33-20/h5-6,8-10,17H,4,7,11-16H2,1-3H3. The van der Waals surface area contributed by atoms with E-state index in [1.807, 2.05) is 49.1 Å². The van der Waals surface area contributed by atoms with Crippen LogP contribution in [0.4, 0.5) is 5.69 Å². The van der Waals surface area contributed by atoms with Crippen LogP contribution in [0.15, 0.2) is 40.9 Å². The minimum atomic E-state index is -0.608. The number of hydrogen-bond acceptors (Lipinski definition) is 6. The quantitative estimate of drug-likeness (QED) is 0.626. The van der Waals surface area contributed by atoms with Gasteiger partial charge in [0.2, 0.25) is 0 Å². The highest BCUT2D eigenvalue weighted by Crippen LogP contribution is 2.31. The molecule has 2 aromatic rings. The Balaban J connectivity index is 1.75. The summed E-state index contributed by atoms with van der Waals surface area (Å²) in [5.74, 6) is -0.0650. The van der Waals surface area contributed by atoms with E-state index in [0.717, 1.165) is 17.3 Å². The molecule has 1 amide bonds. The van der Waals surface area contributed by atoms with Crippen LogP contribution >= 0.6 is 0 Å². The number of amides is 1. The van der Waals surface area contributed by atoms with Gasteiger partial charge in [0.1, 0.15) is 5.56 Å². The summed E-state index contributed by atoms with van der Waals surface area (Å²) in [5, 5.41) is 0.836. The number of fused-ring (bicyclic) bond motifs is 1. The average molecular weight is 454 g/mol. The van der Waals surface area contributed by atoms with Crippen LogP contribution in [0.2, 0.25) is 0 Å². The predicted molar refractivity (Wildman–Crippen MR) is 126 cm³/mol. The Kier molecular flexibility index (Phi) is 6.72. The van der Waals surface area contributed by atoms with E-state index >= 15 is 0 Å². The number of benzene rings is 1. The van der Waals surface area contributed by atoms with Gasteiger partial charge in [0.25, 0.3) is 11.5 Å². The van der Waals surface area contributed by atoms with Crippen molar-refractivity contribution < 1.29 is 19.1 Å². The fraction of sp³-hybridized carbons (Fsp3) is 0.480. The molecule has 0 spiro atoms. The molecule has 8 nitrogen and oxygen atoms in total. The molecule has 0 saturated carbocycles. The molecule has 1 aromatic carbocycles. The zero-order chi connectivity index (χ0) is 23.5. The van der Waals surface area contributed by atoms with E-state index in [-0.39, 0.29) is 29.6 Å². The smallest absolute Gasteiger partial charge is 0.345 e. The number of hydrogen-bond donors (Lipinski definition) is 0. The van der Waals surface area contributed by atoms with E-state index in [1.54, 1.807) is 16.4 Å². The van der Waals surface area contributed by atoms with Crippen molar-refractivity contribution in [3.05, 3.63) is 52.0 Å². The van der Waals surface area contributed by atoms with Crippen molar-refractivity contribution in [3.8, 4) is 0 Å². The van der Waals surface area contributed by atoms with E-state index in [9.17, 15) is 14.4 Å².